The second-order valence-electron chi connectivity index (χ2n) is 5.40. The highest BCUT2D eigenvalue weighted by atomic mass is 19.3. The summed E-state index contributed by atoms with van der Waals surface area (Å²) >= 11 is 0. The number of benzene rings is 2. The lowest BCUT2D eigenvalue weighted by Gasteiger charge is -2.24. The third-order valence-corrected chi connectivity index (χ3v) is 3.54. The summed E-state index contributed by atoms with van der Waals surface area (Å²) < 4.78 is 43.3. The fourth-order valence-corrected chi connectivity index (χ4v) is 2.15. The highest BCUT2D eigenvalue weighted by Crippen LogP contribution is 2.35. The molecular weight excluding hydrogens is 362 g/mol. The van der Waals surface area contributed by atoms with E-state index in [1.165, 1.54) is 48.5 Å². The minimum absolute atomic E-state index is 0.0270. The number of alkyl halides is 2. The lowest BCUT2D eigenvalue weighted by Crippen LogP contribution is -2.38. The largest absolute Gasteiger partial charge is 0.477 e. The second-order valence-corrected chi connectivity index (χ2v) is 5.40. The Morgan fingerprint density at radius 3 is 2.26 bits per heavy atom. The summed E-state index contributed by atoms with van der Waals surface area (Å²) in [5.74, 6) is -7.35. The Balaban J connectivity index is 2.17. The van der Waals surface area contributed by atoms with Gasteiger partial charge in [-0.3, -0.25) is 0 Å². The Kier molecular flexibility index (Phi) is 6.84. The maximum Gasteiger partial charge on any atom is 0.382 e. The summed E-state index contributed by atoms with van der Waals surface area (Å²) in [6, 6.07) is 12.5. The predicted molar refractivity (Wildman–Crippen MR) is 90.7 cm³/mol. The first kappa shape index (κ1) is 20.3. The van der Waals surface area contributed by atoms with Crippen LogP contribution in [0.25, 0.3) is 0 Å². The number of halogens is 2. The maximum absolute atomic E-state index is 14.1. The van der Waals surface area contributed by atoms with E-state index >= 15 is 0 Å². The molecule has 6 nitrogen and oxygen atoms in total. The van der Waals surface area contributed by atoms with Gasteiger partial charge < -0.3 is 19.3 Å². The van der Waals surface area contributed by atoms with Gasteiger partial charge in [-0.25, -0.2) is 9.59 Å². The van der Waals surface area contributed by atoms with Crippen LogP contribution in [0.1, 0.15) is 28.9 Å². The summed E-state index contributed by atoms with van der Waals surface area (Å²) in [5.41, 5.74) is -0.157. The molecule has 27 heavy (non-hydrogen) atoms. The topological polar surface area (TPSA) is 82.1 Å². The lowest BCUT2D eigenvalue weighted by atomic mass is 10.0. The molecule has 1 unspecified atom stereocenters. The maximum atomic E-state index is 14.1. The highest BCUT2D eigenvalue weighted by Gasteiger charge is 2.51. The third kappa shape index (κ3) is 5.24. The zero-order valence-electron chi connectivity index (χ0n) is 14.4. The van der Waals surface area contributed by atoms with Crippen LogP contribution >= 0.6 is 0 Å². The van der Waals surface area contributed by atoms with Gasteiger partial charge in [-0.05, 0) is 36.8 Å². The molecule has 0 radical (unpaired) electrons. The quantitative estimate of drug-likeness (QED) is 0.406. The SMILES string of the molecule is CCOCOc1ccc(C(=O)OC(c2ccccc2)C(F)(F)C(=O)O)cc1. The summed E-state index contributed by atoms with van der Waals surface area (Å²) in [6.45, 7) is 2.31. The van der Waals surface area contributed by atoms with E-state index < -0.39 is 24.0 Å². The van der Waals surface area contributed by atoms with Crippen LogP contribution in [-0.4, -0.2) is 36.4 Å². The summed E-state index contributed by atoms with van der Waals surface area (Å²) in [4.78, 5) is 23.2. The van der Waals surface area contributed by atoms with Gasteiger partial charge in [-0.1, -0.05) is 30.3 Å². The molecule has 0 fully saturated rings. The third-order valence-electron chi connectivity index (χ3n) is 3.54. The molecule has 2 rings (SSSR count). The molecule has 0 aliphatic heterocycles. The van der Waals surface area contributed by atoms with Crippen LogP contribution in [0.4, 0.5) is 8.78 Å². The van der Waals surface area contributed by atoms with E-state index in [-0.39, 0.29) is 17.9 Å². The molecule has 0 aliphatic carbocycles. The van der Waals surface area contributed by atoms with Crippen molar-refractivity contribution in [1.82, 2.24) is 0 Å². The lowest BCUT2D eigenvalue weighted by molar-refractivity contribution is -0.183. The number of rotatable bonds is 9. The van der Waals surface area contributed by atoms with Gasteiger partial charge in [-0.2, -0.15) is 8.78 Å². The summed E-state index contributed by atoms with van der Waals surface area (Å²) in [6.07, 6.45) is -2.27. The van der Waals surface area contributed by atoms with Gasteiger partial charge in [0.1, 0.15) is 5.75 Å². The molecule has 0 spiro atoms. The molecular formula is C19H18F2O6. The fraction of sp³-hybridized carbons (Fsp3) is 0.263. The number of carbonyl (C=O) groups excluding carboxylic acids is 1. The molecule has 1 atom stereocenters. The van der Waals surface area contributed by atoms with Crippen LogP contribution < -0.4 is 4.74 Å². The van der Waals surface area contributed by atoms with Crippen LogP contribution in [0, 0.1) is 0 Å². The highest BCUT2D eigenvalue weighted by molar-refractivity contribution is 5.90. The van der Waals surface area contributed by atoms with Gasteiger partial charge in [0.25, 0.3) is 0 Å². The molecule has 0 amide bonds. The van der Waals surface area contributed by atoms with Gasteiger partial charge in [0.2, 0.25) is 6.10 Å². The van der Waals surface area contributed by atoms with Crippen molar-refractivity contribution in [2.45, 2.75) is 19.0 Å². The minimum Gasteiger partial charge on any atom is -0.477 e. The Bertz CT molecular complexity index is 762. The number of aliphatic carboxylic acids is 1. The van der Waals surface area contributed by atoms with E-state index in [1.54, 1.807) is 13.0 Å². The number of carboxylic acids is 1. The number of hydrogen-bond acceptors (Lipinski definition) is 5. The van der Waals surface area contributed by atoms with Crippen molar-refractivity contribution in [2.24, 2.45) is 0 Å². The molecule has 2 aromatic rings. The average molecular weight is 380 g/mol. The van der Waals surface area contributed by atoms with Crippen molar-refractivity contribution in [3.8, 4) is 5.75 Å². The van der Waals surface area contributed by atoms with Gasteiger partial charge in [0.05, 0.1) is 5.56 Å². The van der Waals surface area contributed by atoms with Gasteiger partial charge in [0.15, 0.2) is 6.79 Å². The van der Waals surface area contributed by atoms with Crippen molar-refractivity contribution >= 4 is 11.9 Å². The van der Waals surface area contributed by atoms with Crippen LogP contribution in [-0.2, 0) is 14.3 Å². The predicted octanol–water partition coefficient (Wildman–Crippen LogP) is 3.68. The molecule has 2 aromatic carbocycles. The normalized spacial score (nSPS) is 12.3. The Hall–Kier alpha value is -3.00. The zero-order valence-corrected chi connectivity index (χ0v) is 14.4. The van der Waals surface area contributed by atoms with Crippen LogP contribution in [0.5, 0.6) is 5.75 Å². The molecule has 0 aliphatic rings. The first-order valence-corrected chi connectivity index (χ1v) is 8.04. The van der Waals surface area contributed by atoms with Crippen LogP contribution in [0.15, 0.2) is 54.6 Å². The smallest absolute Gasteiger partial charge is 0.382 e. The van der Waals surface area contributed by atoms with E-state index in [1.807, 2.05) is 0 Å². The zero-order chi connectivity index (χ0) is 19.9. The van der Waals surface area contributed by atoms with E-state index in [2.05, 4.69) is 0 Å². The second kappa shape index (κ2) is 9.09. The summed E-state index contributed by atoms with van der Waals surface area (Å²) in [5, 5.41) is 8.83. The van der Waals surface area contributed by atoms with E-state index in [9.17, 15) is 18.4 Å². The number of esters is 1. The van der Waals surface area contributed by atoms with Gasteiger partial charge in [-0.15, -0.1) is 0 Å². The molecule has 1 N–H and O–H groups in total. The molecule has 0 heterocycles. The molecule has 144 valence electrons. The Morgan fingerprint density at radius 2 is 1.70 bits per heavy atom. The van der Waals surface area contributed by atoms with Crippen molar-refractivity contribution in [2.75, 3.05) is 13.4 Å². The van der Waals surface area contributed by atoms with Crippen LogP contribution in [0.2, 0.25) is 0 Å². The molecule has 0 bridgehead atoms. The van der Waals surface area contributed by atoms with E-state index in [0.29, 0.717) is 12.4 Å². The van der Waals surface area contributed by atoms with E-state index in [0.717, 1.165) is 0 Å². The first-order chi connectivity index (χ1) is 12.9. The average Bonchev–Trinajstić information content (AvgIpc) is 2.67. The standard InChI is InChI=1S/C19H18F2O6/c1-2-25-12-26-15-10-8-14(9-11-15)17(22)27-16(19(20,21)18(23)24)13-6-4-3-5-7-13/h3-11,16H,2,12H2,1H3,(H,23,24). The van der Waals surface area contributed by atoms with Crippen molar-refractivity contribution in [1.29, 1.82) is 0 Å². The van der Waals surface area contributed by atoms with Crippen molar-refractivity contribution < 1.29 is 37.7 Å². The number of carbonyl (C=O) groups is 2. The Labute approximate surface area is 154 Å². The van der Waals surface area contributed by atoms with Gasteiger partial charge in [0, 0.05) is 6.61 Å². The molecule has 0 aromatic heterocycles. The first-order valence-electron chi connectivity index (χ1n) is 8.04. The summed E-state index contributed by atoms with van der Waals surface area (Å²) in [7, 11) is 0. The fourth-order valence-electron chi connectivity index (χ4n) is 2.15. The van der Waals surface area contributed by atoms with Gasteiger partial charge >= 0.3 is 17.9 Å². The van der Waals surface area contributed by atoms with Crippen LogP contribution in [0.3, 0.4) is 0 Å². The monoisotopic (exact) mass is 380 g/mol. The van der Waals surface area contributed by atoms with E-state index in [4.69, 9.17) is 19.3 Å². The number of hydrogen-bond donors (Lipinski definition) is 1. The Morgan fingerprint density at radius 1 is 1.07 bits per heavy atom. The van der Waals surface area contributed by atoms with Crippen molar-refractivity contribution in [3.05, 3.63) is 65.7 Å². The minimum atomic E-state index is -4.29. The van der Waals surface area contributed by atoms with Crippen molar-refractivity contribution in [3.63, 3.8) is 0 Å². The number of ether oxygens (including phenoxy) is 3. The molecule has 8 heteroatoms. The number of carboxylic acid groups (broad SMARTS) is 1. The molecule has 0 saturated carbocycles. The molecule has 0 saturated heterocycles.